The number of carboxylic acid groups (broad SMARTS) is 1. The van der Waals surface area contributed by atoms with Gasteiger partial charge in [0.05, 0.1) is 13.0 Å². The number of likely N-dealkylation sites (tertiary alicyclic amines) is 1. The number of amides is 4. The molecule has 0 aromatic carbocycles. The minimum absolute atomic E-state index is 0.138. The van der Waals surface area contributed by atoms with E-state index < -0.39 is 66.8 Å². The fourth-order valence-electron chi connectivity index (χ4n) is 2.72. The quantitative estimate of drug-likeness (QED) is 0.174. The fourth-order valence-corrected chi connectivity index (χ4v) is 2.96. The van der Waals surface area contributed by atoms with Gasteiger partial charge in [-0.3, -0.25) is 19.2 Å². The van der Waals surface area contributed by atoms with E-state index in [2.05, 4.69) is 23.3 Å². The monoisotopic (exact) mass is 419 g/mol. The second-order valence-electron chi connectivity index (χ2n) is 6.29. The number of nitrogens with zero attached hydrogens (tertiary/aromatic N) is 1. The van der Waals surface area contributed by atoms with E-state index in [-0.39, 0.29) is 12.3 Å². The minimum atomic E-state index is -1.42. The van der Waals surface area contributed by atoms with E-state index >= 15 is 0 Å². The van der Waals surface area contributed by atoms with Gasteiger partial charge in [0.2, 0.25) is 23.6 Å². The lowest BCUT2D eigenvalue weighted by Gasteiger charge is -2.28. The highest BCUT2D eigenvalue weighted by Gasteiger charge is 2.38. The fraction of sp³-hybridized carbons (Fsp3) is 0.667. The zero-order chi connectivity index (χ0) is 21.4. The highest BCUT2D eigenvalue weighted by Crippen LogP contribution is 2.18. The molecule has 0 aliphatic carbocycles. The first-order valence-corrected chi connectivity index (χ1v) is 9.15. The van der Waals surface area contributed by atoms with Gasteiger partial charge in [-0.25, -0.2) is 4.79 Å². The van der Waals surface area contributed by atoms with Crippen LogP contribution >= 0.6 is 12.6 Å². The molecule has 4 atom stereocenters. The molecule has 0 bridgehead atoms. The van der Waals surface area contributed by atoms with E-state index in [1.54, 1.807) is 0 Å². The summed E-state index contributed by atoms with van der Waals surface area (Å²) >= 11 is 4.02. The number of nitrogens with two attached hydrogens (primary N) is 2. The first-order chi connectivity index (χ1) is 13.1. The van der Waals surface area contributed by atoms with Crippen molar-refractivity contribution in [3.05, 3.63) is 0 Å². The van der Waals surface area contributed by atoms with E-state index in [1.165, 1.54) is 0 Å². The second-order valence-corrected chi connectivity index (χ2v) is 6.66. The van der Waals surface area contributed by atoms with Gasteiger partial charge in [0.25, 0.3) is 0 Å². The van der Waals surface area contributed by atoms with Crippen molar-refractivity contribution in [2.75, 3.05) is 18.9 Å². The predicted molar refractivity (Wildman–Crippen MR) is 99.0 cm³/mol. The lowest BCUT2D eigenvalue weighted by molar-refractivity contribution is -0.149. The van der Waals surface area contributed by atoms with Crippen LogP contribution in [0.4, 0.5) is 0 Å². The number of carboxylic acids is 1. The van der Waals surface area contributed by atoms with E-state index in [0.717, 1.165) is 4.90 Å². The zero-order valence-corrected chi connectivity index (χ0v) is 15.9. The van der Waals surface area contributed by atoms with Gasteiger partial charge in [-0.2, -0.15) is 12.6 Å². The molecule has 1 aliphatic heterocycles. The Bertz CT molecular complexity index is 632. The SMILES string of the molecule is NC(=O)CC(NC(=O)C(N)CO)C(=O)NC(CS)C(=O)N1CCCC1C(=O)O. The molecular weight excluding hydrogens is 394 g/mol. The Morgan fingerprint density at radius 2 is 1.75 bits per heavy atom. The van der Waals surface area contributed by atoms with Crippen LogP contribution in [0.2, 0.25) is 0 Å². The normalized spacial score (nSPS) is 19.4. The molecule has 28 heavy (non-hydrogen) atoms. The van der Waals surface area contributed by atoms with Crippen molar-refractivity contribution in [1.82, 2.24) is 15.5 Å². The van der Waals surface area contributed by atoms with Crippen molar-refractivity contribution in [3.8, 4) is 0 Å². The molecule has 158 valence electrons. The third kappa shape index (κ3) is 6.35. The third-order valence-corrected chi connectivity index (χ3v) is 4.56. The van der Waals surface area contributed by atoms with Crippen LogP contribution in [0.5, 0.6) is 0 Å². The Balaban J connectivity index is 2.87. The first-order valence-electron chi connectivity index (χ1n) is 8.52. The van der Waals surface area contributed by atoms with Gasteiger partial charge < -0.3 is 37.2 Å². The molecule has 1 fully saturated rings. The van der Waals surface area contributed by atoms with E-state index in [1.807, 2.05) is 0 Å². The molecule has 1 heterocycles. The summed E-state index contributed by atoms with van der Waals surface area (Å²) < 4.78 is 0. The van der Waals surface area contributed by atoms with Crippen LogP contribution < -0.4 is 22.1 Å². The van der Waals surface area contributed by atoms with E-state index in [4.69, 9.17) is 16.6 Å². The van der Waals surface area contributed by atoms with Gasteiger partial charge in [0, 0.05) is 12.3 Å². The average Bonchev–Trinajstić information content (AvgIpc) is 3.13. The van der Waals surface area contributed by atoms with Crippen LogP contribution in [-0.4, -0.2) is 87.8 Å². The summed E-state index contributed by atoms with van der Waals surface area (Å²) in [6.07, 6.45) is 0.244. The number of aliphatic hydroxyl groups excluding tert-OH is 1. The standard InChI is InChI=1S/C15H25N5O7S/c16-7(5-21)12(23)18-8(4-11(17)22)13(24)19-9(6-28)14(25)20-3-1-2-10(20)15(26)27/h7-10,21,28H,1-6,16H2,(H2,17,22)(H,18,23)(H,19,24)(H,26,27). The number of primary amides is 1. The smallest absolute Gasteiger partial charge is 0.326 e. The van der Waals surface area contributed by atoms with Crippen LogP contribution in [0, 0.1) is 0 Å². The molecule has 8 N–H and O–H groups in total. The lowest BCUT2D eigenvalue weighted by atomic mass is 10.1. The van der Waals surface area contributed by atoms with Crippen LogP contribution in [0.25, 0.3) is 0 Å². The summed E-state index contributed by atoms with van der Waals surface area (Å²) in [5, 5.41) is 22.6. The summed E-state index contributed by atoms with van der Waals surface area (Å²) in [5.41, 5.74) is 10.4. The van der Waals surface area contributed by atoms with Crippen molar-refractivity contribution in [3.63, 3.8) is 0 Å². The predicted octanol–water partition coefficient (Wildman–Crippen LogP) is -3.84. The number of hydrogen-bond donors (Lipinski definition) is 7. The van der Waals surface area contributed by atoms with Gasteiger partial charge in [-0.15, -0.1) is 0 Å². The van der Waals surface area contributed by atoms with Crippen molar-refractivity contribution in [1.29, 1.82) is 0 Å². The Morgan fingerprint density at radius 3 is 2.25 bits per heavy atom. The van der Waals surface area contributed by atoms with Crippen molar-refractivity contribution in [2.45, 2.75) is 43.4 Å². The molecule has 1 aliphatic rings. The summed E-state index contributed by atoms with van der Waals surface area (Å²) in [6.45, 7) is -0.456. The number of hydrogen-bond acceptors (Lipinski definition) is 8. The largest absolute Gasteiger partial charge is 0.480 e. The molecule has 13 heteroatoms. The van der Waals surface area contributed by atoms with Gasteiger partial charge >= 0.3 is 5.97 Å². The lowest BCUT2D eigenvalue weighted by Crippen LogP contribution is -2.58. The number of rotatable bonds is 10. The number of carbonyl (C=O) groups is 5. The topological polar surface area (TPSA) is 205 Å². The maximum absolute atomic E-state index is 12.6. The third-order valence-electron chi connectivity index (χ3n) is 4.19. The molecule has 0 spiro atoms. The molecule has 1 saturated heterocycles. The first kappa shape index (κ1) is 23.7. The number of aliphatic hydroxyl groups is 1. The Morgan fingerprint density at radius 1 is 1.14 bits per heavy atom. The van der Waals surface area contributed by atoms with Crippen molar-refractivity contribution in [2.24, 2.45) is 11.5 Å². The Kier molecular flexibility index (Phi) is 9.15. The maximum Gasteiger partial charge on any atom is 0.326 e. The average molecular weight is 419 g/mol. The van der Waals surface area contributed by atoms with Gasteiger partial charge in [0.15, 0.2) is 0 Å². The van der Waals surface area contributed by atoms with Crippen LogP contribution in [0.1, 0.15) is 19.3 Å². The summed E-state index contributed by atoms with van der Waals surface area (Å²) in [6, 6.07) is -4.90. The molecule has 0 aromatic heterocycles. The van der Waals surface area contributed by atoms with Crippen LogP contribution in [0.15, 0.2) is 0 Å². The summed E-state index contributed by atoms with van der Waals surface area (Å²) in [7, 11) is 0. The molecule has 0 saturated carbocycles. The molecule has 0 aromatic rings. The number of nitrogens with one attached hydrogen (secondary N) is 2. The summed E-state index contributed by atoms with van der Waals surface area (Å²) in [4.78, 5) is 60.5. The minimum Gasteiger partial charge on any atom is -0.480 e. The number of aliphatic carboxylic acids is 1. The van der Waals surface area contributed by atoms with Gasteiger partial charge in [0.1, 0.15) is 24.2 Å². The molecule has 1 rings (SSSR count). The summed E-state index contributed by atoms with van der Waals surface area (Å²) in [5.74, 6) is -4.59. The number of carbonyl (C=O) groups excluding carboxylic acids is 4. The van der Waals surface area contributed by atoms with E-state index in [9.17, 15) is 29.1 Å². The zero-order valence-electron chi connectivity index (χ0n) is 15.0. The molecule has 0 radical (unpaired) electrons. The van der Waals surface area contributed by atoms with Gasteiger partial charge in [-0.05, 0) is 12.8 Å². The van der Waals surface area contributed by atoms with E-state index in [0.29, 0.717) is 12.8 Å². The van der Waals surface area contributed by atoms with Crippen molar-refractivity contribution < 1.29 is 34.2 Å². The van der Waals surface area contributed by atoms with Gasteiger partial charge in [-0.1, -0.05) is 0 Å². The highest BCUT2D eigenvalue weighted by molar-refractivity contribution is 7.80. The van der Waals surface area contributed by atoms with Crippen molar-refractivity contribution >= 4 is 42.2 Å². The maximum atomic E-state index is 12.6. The second kappa shape index (κ2) is 10.8. The molecule has 4 unspecified atom stereocenters. The van der Waals surface area contributed by atoms with Crippen LogP contribution in [-0.2, 0) is 24.0 Å². The number of thiol groups is 1. The Hall–Kier alpha value is -2.38. The molecule has 4 amide bonds. The van der Waals surface area contributed by atoms with Crippen LogP contribution in [0.3, 0.4) is 0 Å². The highest BCUT2D eigenvalue weighted by atomic mass is 32.1. The molecular formula is C15H25N5O7S. The molecule has 12 nitrogen and oxygen atoms in total. The Labute approximate surface area is 166 Å².